The maximum absolute atomic E-state index is 12.3. The highest BCUT2D eigenvalue weighted by atomic mass is 16.5. The number of carbonyl (C=O) groups excluding carboxylic acids is 2. The van der Waals surface area contributed by atoms with Crippen LogP contribution in [-0.2, 0) is 17.8 Å². The monoisotopic (exact) mass is 399 g/mol. The van der Waals surface area contributed by atoms with Crippen LogP contribution in [0, 0.1) is 6.92 Å². The topological polar surface area (TPSA) is 100 Å². The number of nitrogens with one attached hydrogen (secondary N) is 2. The molecule has 8 nitrogen and oxygen atoms in total. The first-order valence-corrected chi connectivity index (χ1v) is 10.1. The Bertz CT molecular complexity index is 848. The number of benzene rings is 1. The number of rotatable bonds is 7. The van der Waals surface area contributed by atoms with Crippen LogP contribution in [0.5, 0.6) is 0 Å². The number of likely N-dealkylation sites (tertiary alicyclic amines) is 1. The summed E-state index contributed by atoms with van der Waals surface area (Å²) in [5.74, 6) is 0.866. The van der Waals surface area contributed by atoms with Gasteiger partial charge in [-0.25, -0.2) is 4.79 Å². The summed E-state index contributed by atoms with van der Waals surface area (Å²) in [6.07, 6.45) is 2.36. The molecule has 156 valence electrons. The van der Waals surface area contributed by atoms with Crippen molar-refractivity contribution < 1.29 is 14.1 Å². The van der Waals surface area contributed by atoms with Crippen molar-refractivity contribution in [3.05, 3.63) is 47.1 Å². The Morgan fingerprint density at radius 1 is 1.31 bits per heavy atom. The minimum absolute atomic E-state index is 0.0631. The van der Waals surface area contributed by atoms with Crippen molar-refractivity contribution in [2.75, 3.05) is 6.54 Å². The van der Waals surface area contributed by atoms with Crippen LogP contribution in [-0.4, -0.2) is 39.6 Å². The van der Waals surface area contributed by atoms with Crippen molar-refractivity contribution in [2.24, 2.45) is 0 Å². The van der Waals surface area contributed by atoms with E-state index in [9.17, 15) is 9.59 Å². The van der Waals surface area contributed by atoms with E-state index in [1.807, 2.05) is 45.0 Å². The minimum Gasteiger partial charge on any atom is -0.352 e. The molecule has 1 aromatic carbocycles. The van der Waals surface area contributed by atoms with Crippen molar-refractivity contribution in [2.45, 2.75) is 65.1 Å². The predicted octanol–water partition coefficient (Wildman–Crippen LogP) is 2.88. The van der Waals surface area contributed by atoms with Gasteiger partial charge in [0.2, 0.25) is 11.8 Å². The second kappa shape index (κ2) is 9.54. The Balaban J connectivity index is 1.50. The minimum atomic E-state index is -0.180. The van der Waals surface area contributed by atoms with Crippen LogP contribution in [0.25, 0.3) is 0 Å². The molecule has 1 fully saturated rings. The molecule has 29 heavy (non-hydrogen) atoms. The van der Waals surface area contributed by atoms with Crippen LogP contribution in [0.2, 0.25) is 0 Å². The fourth-order valence-electron chi connectivity index (χ4n) is 3.42. The third-order valence-electron chi connectivity index (χ3n) is 5.01. The summed E-state index contributed by atoms with van der Waals surface area (Å²) in [5.41, 5.74) is 2.25. The van der Waals surface area contributed by atoms with E-state index in [4.69, 9.17) is 4.52 Å². The number of hydrogen-bond donors (Lipinski definition) is 2. The summed E-state index contributed by atoms with van der Waals surface area (Å²) < 4.78 is 5.32. The van der Waals surface area contributed by atoms with Crippen LogP contribution >= 0.6 is 0 Å². The molecule has 0 spiro atoms. The molecule has 1 unspecified atom stereocenters. The van der Waals surface area contributed by atoms with E-state index in [1.54, 1.807) is 4.90 Å². The lowest BCUT2D eigenvalue weighted by atomic mass is 10.1. The molecule has 3 amide bonds. The zero-order chi connectivity index (χ0) is 20.8. The summed E-state index contributed by atoms with van der Waals surface area (Å²) in [4.78, 5) is 30.7. The molecule has 1 aromatic heterocycles. The third-order valence-corrected chi connectivity index (χ3v) is 5.01. The van der Waals surface area contributed by atoms with Gasteiger partial charge in [-0.2, -0.15) is 4.98 Å². The largest absolute Gasteiger partial charge is 0.352 e. The van der Waals surface area contributed by atoms with Gasteiger partial charge in [0.05, 0.1) is 6.04 Å². The van der Waals surface area contributed by atoms with Gasteiger partial charge in [-0.15, -0.1) is 0 Å². The Morgan fingerprint density at radius 2 is 2.10 bits per heavy atom. The lowest BCUT2D eigenvalue weighted by molar-refractivity contribution is -0.121. The fraction of sp³-hybridized carbons (Fsp3) is 0.524. The van der Waals surface area contributed by atoms with Gasteiger partial charge in [0.25, 0.3) is 0 Å². The maximum atomic E-state index is 12.3. The molecule has 0 radical (unpaired) electrons. The second-order valence-electron chi connectivity index (χ2n) is 7.71. The molecule has 1 saturated heterocycles. The Hall–Kier alpha value is -2.90. The summed E-state index contributed by atoms with van der Waals surface area (Å²) in [6, 6.07) is 7.75. The SMILES string of the molecule is Cc1ccccc1CNC(=O)CCc1nc(C2CCCN2C(=O)NC(C)C)no1. The van der Waals surface area contributed by atoms with E-state index in [0.717, 1.165) is 24.0 Å². The first kappa shape index (κ1) is 20.8. The van der Waals surface area contributed by atoms with Crippen LogP contribution in [0.1, 0.15) is 62.0 Å². The molecule has 8 heteroatoms. The van der Waals surface area contributed by atoms with Gasteiger partial charge in [0.1, 0.15) is 0 Å². The lowest BCUT2D eigenvalue weighted by Gasteiger charge is -2.23. The van der Waals surface area contributed by atoms with Gasteiger partial charge >= 0.3 is 6.03 Å². The zero-order valence-corrected chi connectivity index (χ0v) is 17.3. The molecular formula is C21H29N5O3. The van der Waals surface area contributed by atoms with Gasteiger partial charge in [-0.3, -0.25) is 4.79 Å². The molecule has 1 atom stereocenters. The van der Waals surface area contributed by atoms with Crippen LogP contribution in [0.15, 0.2) is 28.8 Å². The van der Waals surface area contributed by atoms with Crippen molar-refractivity contribution in [1.82, 2.24) is 25.7 Å². The van der Waals surface area contributed by atoms with E-state index < -0.39 is 0 Å². The summed E-state index contributed by atoms with van der Waals surface area (Å²) >= 11 is 0. The molecule has 2 N–H and O–H groups in total. The molecule has 0 bridgehead atoms. The number of carbonyl (C=O) groups is 2. The number of urea groups is 1. The maximum Gasteiger partial charge on any atom is 0.318 e. The molecule has 1 aliphatic rings. The fourth-order valence-corrected chi connectivity index (χ4v) is 3.42. The molecular weight excluding hydrogens is 370 g/mol. The number of aromatic nitrogens is 2. The van der Waals surface area contributed by atoms with Gasteiger partial charge in [0, 0.05) is 32.0 Å². The number of aryl methyl sites for hydroxylation is 2. The van der Waals surface area contributed by atoms with E-state index >= 15 is 0 Å². The molecule has 0 aliphatic carbocycles. The van der Waals surface area contributed by atoms with Crippen LogP contribution in [0.3, 0.4) is 0 Å². The van der Waals surface area contributed by atoms with Crippen molar-refractivity contribution >= 4 is 11.9 Å². The van der Waals surface area contributed by atoms with Crippen LogP contribution in [0.4, 0.5) is 4.79 Å². The molecule has 3 rings (SSSR count). The Morgan fingerprint density at radius 3 is 2.86 bits per heavy atom. The first-order chi connectivity index (χ1) is 13.9. The Kier molecular flexibility index (Phi) is 6.85. The van der Waals surface area contributed by atoms with Crippen LogP contribution < -0.4 is 10.6 Å². The average molecular weight is 399 g/mol. The molecule has 2 heterocycles. The van der Waals surface area contributed by atoms with Crippen molar-refractivity contribution in [3.8, 4) is 0 Å². The van der Waals surface area contributed by atoms with Crippen molar-refractivity contribution in [1.29, 1.82) is 0 Å². The number of amides is 3. The normalized spacial score (nSPS) is 16.3. The van der Waals surface area contributed by atoms with Gasteiger partial charge < -0.3 is 20.1 Å². The predicted molar refractivity (Wildman–Crippen MR) is 108 cm³/mol. The molecule has 2 aromatic rings. The number of nitrogens with zero attached hydrogens (tertiary/aromatic N) is 3. The summed E-state index contributed by atoms with van der Waals surface area (Å²) in [5, 5.41) is 9.89. The second-order valence-corrected chi connectivity index (χ2v) is 7.71. The first-order valence-electron chi connectivity index (χ1n) is 10.1. The quantitative estimate of drug-likeness (QED) is 0.746. The summed E-state index contributed by atoms with van der Waals surface area (Å²) in [6.45, 7) is 7.06. The average Bonchev–Trinajstić information content (AvgIpc) is 3.34. The van der Waals surface area contributed by atoms with Gasteiger partial charge in [0.15, 0.2) is 5.82 Å². The highest BCUT2D eigenvalue weighted by molar-refractivity contribution is 5.76. The lowest BCUT2D eigenvalue weighted by Crippen LogP contribution is -2.42. The number of hydrogen-bond acceptors (Lipinski definition) is 5. The highest BCUT2D eigenvalue weighted by Gasteiger charge is 2.33. The standard InChI is InChI=1S/C21H29N5O3/c1-14(2)23-21(28)26-12-6-9-17(26)20-24-19(29-25-20)11-10-18(27)22-13-16-8-5-4-7-15(16)3/h4-5,7-8,14,17H,6,9-13H2,1-3H3,(H,22,27)(H,23,28). The smallest absolute Gasteiger partial charge is 0.318 e. The zero-order valence-electron chi connectivity index (χ0n) is 17.3. The van der Waals surface area contributed by atoms with Gasteiger partial charge in [-0.05, 0) is 44.7 Å². The van der Waals surface area contributed by atoms with Gasteiger partial charge in [-0.1, -0.05) is 29.4 Å². The summed E-state index contributed by atoms with van der Waals surface area (Å²) in [7, 11) is 0. The van der Waals surface area contributed by atoms with E-state index in [1.165, 1.54) is 0 Å². The Labute approximate surface area is 171 Å². The molecule has 0 saturated carbocycles. The highest BCUT2D eigenvalue weighted by Crippen LogP contribution is 2.30. The van der Waals surface area contributed by atoms with Crippen molar-refractivity contribution in [3.63, 3.8) is 0 Å². The molecule has 1 aliphatic heterocycles. The third kappa shape index (κ3) is 5.56. The van der Waals surface area contributed by atoms with E-state index in [0.29, 0.717) is 31.2 Å². The van der Waals surface area contributed by atoms with E-state index in [-0.39, 0.29) is 30.4 Å². The van der Waals surface area contributed by atoms with E-state index in [2.05, 4.69) is 20.8 Å².